The van der Waals surface area contributed by atoms with Gasteiger partial charge in [-0.1, -0.05) is 29.8 Å². The normalized spacial score (nSPS) is 11.0. The lowest BCUT2D eigenvalue weighted by molar-refractivity contribution is 0.102. The number of carbonyl (C=O) groups is 1. The van der Waals surface area contributed by atoms with E-state index in [1.807, 2.05) is 19.9 Å². The fraction of sp³-hybridized carbons (Fsp3) is 0.136. The molecule has 0 fully saturated rings. The second kappa shape index (κ2) is 9.19. The molecule has 0 aromatic heterocycles. The molecule has 0 spiro atoms. The molecule has 0 aliphatic rings. The molecule has 0 bridgehead atoms. The summed E-state index contributed by atoms with van der Waals surface area (Å²) in [5.74, 6) is 0.157. The molecule has 0 saturated carbocycles. The Morgan fingerprint density at radius 3 is 2.47 bits per heavy atom. The van der Waals surface area contributed by atoms with Crippen LogP contribution in [0.3, 0.4) is 0 Å². The summed E-state index contributed by atoms with van der Waals surface area (Å²) in [5.41, 5.74) is 2.01. The van der Waals surface area contributed by atoms with E-state index in [9.17, 15) is 13.2 Å². The molecule has 30 heavy (non-hydrogen) atoms. The van der Waals surface area contributed by atoms with Crippen molar-refractivity contribution in [2.75, 3.05) is 16.6 Å². The quantitative estimate of drug-likeness (QED) is 0.531. The van der Waals surface area contributed by atoms with E-state index in [0.717, 1.165) is 5.56 Å². The molecule has 3 rings (SSSR count). The fourth-order valence-corrected chi connectivity index (χ4v) is 4.38. The van der Waals surface area contributed by atoms with Gasteiger partial charge >= 0.3 is 0 Å². The summed E-state index contributed by atoms with van der Waals surface area (Å²) in [6.45, 7) is 4.23. The molecule has 1 amide bonds. The lowest BCUT2D eigenvalue weighted by Crippen LogP contribution is -2.16. The minimum atomic E-state index is -3.99. The van der Waals surface area contributed by atoms with Crippen molar-refractivity contribution < 1.29 is 17.9 Å². The van der Waals surface area contributed by atoms with Gasteiger partial charge in [0, 0.05) is 23.0 Å². The standard InChI is InChI=1S/C22H21ClN2O4S/c1-3-29-19-9-5-7-17(14-19)24-22(26)16-10-11-20(23)21(13-16)30(27,28)25-18-8-4-6-15(2)12-18/h4-14,25H,3H2,1-2H3,(H,24,26). The van der Waals surface area contributed by atoms with Crippen molar-refractivity contribution in [3.05, 3.63) is 82.9 Å². The van der Waals surface area contributed by atoms with Crippen molar-refractivity contribution in [3.8, 4) is 5.75 Å². The lowest BCUT2D eigenvalue weighted by atomic mass is 10.2. The summed E-state index contributed by atoms with van der Waals surface area (Å²) in [6, 6.07) is 18.0. The highest BCUT2D eigenvalue weighted by Gasteiger charge is 2.20. The van der Waals surface area contributed by atoms with Crippen molar-refractivity contribution >= 4 is 38.9 Å². The smallest absolute Gasteiger partial charge is 0.263 e. The number of hydrogen-bond acceptors (Lipinski definition) is 4. The van der Waals surface area contributed by atoms with Crippen molar-refractivity contribution in [2.45, 2.75) is 18.7 Å². The summed E-state index contributed by atoms with van der Waals surface area (Å²) in [4.78, 5) is 12.5. The van der Waals surface area contributed by atoms with E-state index in [-0.39, 0.29) is 15.5 Å². The molecule has 156 valence electrons. The molecule has 0 radical (unpaired) electrons. The Kier molecular flexibility index (Phi) is 6.64. The Bertz CT molecular complexity index is 1180. The van der Waals surface area contributed by atoms with Crippen LogP contribution in [0.1, 0.15) is 22.8 Å². The van der Waals surface area contributed by atoms with Gasteiger partial charge in [-0.25, -0.2) is 8.42 Å². The van der Waals surface area contributed by atoms with Crippen LogP contribution in [0.25, 0.3) is 0 Å². The average molecular weight is 445 g/mol. The number of sulfonamides is 1. The zero-order valence-corrected chi connectivity index (χ0v) is 18.0. The third-order valence-electron chi connectivity index (χ3n) is 4.16. The van der Waals surface area contributed by atoms with Crippen molar-refractivity contribution in [2.24, 2.45) is 0 Å². The van der Waals surface area contributed by atoms with Gasteiger partial charge in [0.2, 0.25) is 0 Å². The van der Waals surface area contributed by atoms with Crippen molar-refractivity contribution in [1.29, 1.82) is 0 Å². The Hall–Kier alpha value is -3.03. The number of anilines is 2. The third kappa shape index (κ3) is 5.31. The number of carbonyl (C=O) groups excluding carboxylic acids is 1. The summed E-state index contributed by atoms with van der Waals surface area (Å²) < 4.78 is 33.6. The number of rotatable bonds is 7. The number of amides is 1. The molecule has 0 heterocycles. The molecular weight excluding hydrogens is 424 g/mol. The van der Waals surface area contributed by atoms with E-state index in [0.29, 0.717) is 23.7 Å². The summed E-state index contributed by atoms with van der Waals surface area (Å²) in [7, 11) is -3.99. The first-order valence-corrected chi connectivity index (χ1v) is 11.1. The number of aryl methyl sites for hydroxylation is 1. The number of halogens is 1. The zero-order chi connectivity index (χ0) is 21.7. The molecule has 0 aliphatic heterocycles. The Labute approximate surface area is 180 Å². The number of ether oxygens (including phenoxy) is 1. The Balaban J connectivity index is 1.85. The first-order chi connectivity index (χ1) is 14.3. The highest BCUT2D eigenvalue weighted by atomic mass is 35.5. The summed E-state index contributed by atoms with van der Waals surface area (Å²) in [5, 5.41) is 2.75. The number of hydrogen-bond donors (Lipinski definition) is 2. The highest BCUT2D eigenvalue weighted by Crippen LogP contribution is 2.26. The maximum Gasteiger partial charge on any atom is 0.263 e. The van der Waals surface area contributed by atoms with Crippen LogP contribution in [-0.2, 0) is 10.0 Å². The molecule has 2 N–H and O–H groups in total. The van der Waals surface area contributed by atoms with Gasteiger partial charge in [0.15, 0.2) is 0 Å². The van der Waals surface area contributed by atoms with Crippen LogP contribution >= 0.6 is 11.6 Å². The minimum absolute atomic E-state index is 0.0186. The van der Waals surface area contributed by atoms with Crippen LogP contribution in [0.2, 0.25) is 5.02 Å². The summed E-state index contributed by atoms with van der Waals surface area (Å²) in [6.07, 6.45) is 0. The lowest BCUT2D eigenvalue weighted by Gasteiger charge is -2.12. The van der Waals surface area contributed by atoms with E-state index in [1.165, 1.54) is 18.2 Å². The van der Waals surface area contributed by atoms with Crippen LogP contribution in [-0.4, -0.2) is 20.9 Å². The molecule has 0 unspecified atom stereocenters. The molecule has 8 heteroatoms. The first-order valence-electron chi connectivity index (χ1n) is 9.22. The summed E-state index contributed by atoms with van der Waals surface area (Å²) >= 11 is 6.13. The molecule has 0 saturated heterocycles. The molecular formula is C22H21ClN2O4S. The molecule has 0 aliphatic carbocycles. The van der Waals surface area contributed by atoms with Gasteiger partial charge in [0.05, 0.1) is 11.6 Å². The maximum absolute atomic E-state index is 12.8. The molecule has 6 nitrogen and oxygen atoms in total. The SMILES string of the molecule is CCOc1cccc(NC(=O)c2ccc(Cl)c(S(=O)(=O)Nc3cccc(C)c3)c2)c1. The Morgan fingerprint density at radius 1 is 1.00 bits per heavy atom. The number of benzene rings is 3. The van der Waals surface area contributed by atoms with E-state index in [1.54, 1.807) is 42.5 Å². The van der Waals surface area contributed by atoms with Crippen LogP contribution in [0, 0.1) is 6.92 Å². The van der Waals surface area contributed by atoms with Crippen LogP contribution in [0.4, 0.5) is 11.4 Å². The second-order valence-electron chi connectivity index (χ2n) is 6.54. The van der Waals surface area contributed by atoms with Gasteiger partial charge in [-0.15, -0.1) is 0 Å². The predicted molar refractivity (Wildman–Crippen MR) is 119 cm³/mol. The molecule has 3 aromatic carbocycles. The van der Waals surface area contributed by atoms with Gasteiger partial charge in [-0.05, 0) is 61.9 Å². The number of nitrogens with one attached hydrogen (secondary N) is 2. The van der Waals surface area contributed by atoms with Gasteiger partial charge in [0.1, 0.15) is 10.6 Å². The average Bonchev–Trinajstić information content (AvgIpc) is 2.68. The van der Waals surface area contributed by atoms with E-state index in [2.05, 4.69) is 10.0 Å². The predicted octanol–water partition coefficient (Wildman–Crippen LogP) is 5.10. The van der Waals surface area contributed by atoms with Crippen molar-refractivity contribution in [1.82, 2.24) is 0 Å². The molecule has 3 aromatic rings. The minimum Gasteiger partial charge on any atom is -0.494 e. The van der Waals surface area contributed by atoms with Crippen LogP contribution in [0.5, 0.6) is 5.75 Å². The third-order valence-corrected chi connectivity index (χ3v) is 6.02. The largest absolute Gasteiger partial charge is 0.494 e. The van der Waals surface area contributed by atoms with Gasteiger partial charge < -0.3 is 10.1 Å². The van der Waals surface area contributed by atoms with Gasteiger partial charge in [-0.2, -0.15) is 0 Å². The van der Waals surface area contributed by atoms with Gasteiger partial charge in [0.25, 0.3) is 15.9 Å². The molecule has 0 atom stereocenters. The van der Waals surface area contributed by atoms with E-state index in [4.69, 9.17) is 16.3 Å². The zero-order valence-electron chi connectivity index (χ0n) is 16.5. The second-order valence-corrected chi connectivity index (χ2v) is 8.59. The topological polar surface area (TPSA) is 84.5 Å². The van der Waals surface area contributed by atoms with Crippen LogP contribution < -0.4 is 14.8 Å². The fourth-order valence-electron chi connectivity index (χ4n) is 2.80. The first kappa shape index (κ1) is 21.7. The maximum atomic E-state index is 12.8. The van der Waals surface area contributed by atoms with Gasteiger partial charge in [-0.3, -0.25) is 9.52 Å². The van der Waals surface area contributed by atoms with Crippen LogP contribution in [0.15, 0.2) is 71.6 Å². The Morgan fingerprint density at radius 2 is 1.73 bits per heavy atom. The van der Waals surface area contributed by atoms with Crippen molar-refractivity contribution in [3.63, 3.8) is 0 Å². The monoisotopic (exact) mass is 444 g/mol. The highest BCUT2D eigenvalue weighted by molar-refractivity contribution is 7.92. The van der Waals surface area contributed by atoms with E-state index < -0.39 is 15.9 Å². The van der Waals surface area contributed by atoms with E-state index >= 15 is 0 Å².